The summed E-state index contributed by atoms with van der Waals surface area (Å²) in [5.74, 6) is 0.651. The summed E-state index contributed by atoms with van der Waals surface area (Å²) < 4.78 is 7.36. The largest absolute Gasteiger partial charge is 0.471 e. The quantitative estimate of drug-likeness (QED) is 0.184. The smallest absolute Gasteiger partial charge is 0.218 e. The van der Waals surface area contributed by atoms with Crippen LogP contribution in [0.2, 0.25) is 10.0 Å². The lowest BCUT2D eigenvalue weighted by Gasteiger charge is -2.42. The number of benzene rings is 2. The molecule has 2 aliphatic rings. The Kier molecular flexibility index (Phi) is 6.30. The fraction of sp³-hybridized carbons (Fsp3) is 0.280. The molecule has 2 aromatic carbocycles. The van der Waals surface area contributed by atoms with Gasteiger partial charge in [0.25, 0.3) is 0 Å². The average molecular weight is 558 g/mol. The van der Waals surface area contributed by atoms with Crippen LogP contribution in [0, 0.1) is 0 Å². The molecule has 1 atom stereocenters. The van der Waals surface area contributed by atoms with E-state index in [9.17, 15) is 10.3 Å². The number of Topliss-reactive ketones (excluding diaryl/α,β-unsaturated/α-hetero) is 1. The van der Waals surface area contributed by atoms with Crippen LogP contribution >= 0.6 is 39.1 Å². The first-order valence-corrected chi connectivity index (χ1v) is 12.4. The standard InChI is InChI=1S/C25H19BrCl2N4O2/c26-15-3-6-18(21(28)11-15)23-19(14-1-4-16(27)5-2-14)12-20-22(31-32-29)13-25(34-24(20)30-23)9-7-17(33)8-10-25/h1-6,11-12,22H,7-10,13H2/t22-/m1/s1. The third-order valence-corrected chi connectivity index (χ3v) is 7.56. The van der Waals surface area contributed by atoms with Crippen LogP contribution in [-0.4, -0.2) is 16.4 Å². The fourth-order valence-corrected chi connectivity index (χ4v) is 5.62. The molecule has 6 nitrogen and oxygen atoms in total. The van der Waals surface area contributed by atoms with Gasteiger partial charge < -0.3 is 4.74 Å². The average Bonchev–Trinajstić information content (AvgIpc) is 2.81. The summed E-state index contributed by atoms with van der Waals surface area (Å²) in [6.07, 6.45) is 2.58. The molecular formula is C25H19BrCl2N4O2. The molecule has 34 heavy (non-hydrogen) atoms. The van der Waals surface area contributed by atoms with Crippen molar-refractivity contribution < 1.29 is 9.53 Å². The number of ether oxygens (including phenoxy) is 1. The van der Waals surface area contributed by atoms with Crippen LogP contribution in [0.1, 0.15) is 43.7 Å². The van der Waals surface area contributed by atoms with E-state index in [0.29, 0.717) is 53.7 Å². The molecule has 0 amide bonds. The van der Waals surface area contributed by atoms with E-state index in [0.717, 1.165) is 26.7 Å². The molecule has 0 unspecified atom stereocenters. The van der Waals surface area contributed by atoms with Crippen molar-refractivity contribution in [2.24, 2.45) is 5.11 Å². The molecule has 1 spiro atoms. The number of carbonyl (C=O) groups is 1. The minimum absolute atomic E-state index is 0.230. The van der Waals surface area contributed by atoms with E-state index >= 15 is 0 Å². The van der Waals surface area contributed by atoms with E-state index in [-0.39, 0.29) is 5.78 Å². The molecule has 1 aliphatic carbocycles. The summed E-state index contributed by atoms with van der Waals surface area (Å²) in [4.78, 5) is 19.9. The second-order valence-electron chi connectivity index (χ2n) is 8.66. The number of hydrogen-bond donors (Lipinski definition) is 0. The number of hydrogen-bond acceptors (Lipinski definition) is 4. The molecule has 0 radical (unpaired) electrons. The lowest BCUT2D eigenvalue weighted by molar-refractivity contribution is -0.125. The monoisotopic (exact) mass is 556 g/mol. The van der Waals surface area contributed by atoms with Crippen molar-refractivity contribution in [3.05, 3.63) is 79.1 Å². The van der Waals surface area contributed by atoms with Gasteiger partial charge in [-0.1, -0.05) is 62.4 Å². The van der Waals surface area contributed by atoms with Gasteiger partial charge in [-0.05, 0) is 60.7 Å². The zero-order valence-corrected chi connectivity index (χ0v) is 21.1. The Hall–Kier alpha value is -2.57. The predicted octanol–water partition coefficient (Wildman–Crippen LogP) is 8.50. The van der Waals surface area contributed by atoms with E-state index in [1.165, 1.54) is 0 Å². The molecule has 0 N–H and O–H groups in total. The number of ketones is 1. The number of fused-ring (bicyclic) bond motifs is 1. The van der Waals surface area contributed by atoms with Gasteiger partial charge in [-0.15, -0.1) is 0 Å². The first-order valence-electron chi connectivity index (χ1n) is 10.9. The van der Waals surface area contributed by atoms with E-state index < -0.39 is 11.6 Å². The van der Waals surface area contributed by atoms with E-state index in [2.05, 4.69) is 26.0 Å². The van der Waals surface area contributed by atoms with Crippen molar-refractivity contribution in [3.63, 3.8) is 0 Å². The Bertz CT molecular complexity index is 1330. The molecule has 1 aromatic heterocycles. The van der Waals surface area contributed by atoms with Gasteiger partial charge in [0.05, 0.1) is 16.8 Å². The zero-order valence-electron chi connectivity index (χ0n) is 18.0. The highest BCUT2D eigenvalue weighted by molar-refractivity contribution is 9.10. The SMILES string of the molecule is [N-]=[N+]=N[C@@H]1CC2(CCC(=O)CC2)Oc2nc(-c3ccc(Br)cc3Cl)c(-c3ccc(Cl)cc3)cc21. The maximum atomic E-state index is 11.9. The van der Waals surface area contributed by atoms with E-state index in [1.807, 2.05) is 48.5 Å². The van der Waals surface area contributed by atoms with E-state index in [1.54, 1.807) is 0 Å². The van der Waals surface area contributed by atoms with Crippen molar-refractivity contribution in [1.29, 1.82) is 0 Å². The maximum absolute atomic E-state index is 11.9. The molecule has 172 valence electrons. The van der Waals surface area contributed by atoms with Gasteiger partial charge in [0.1, 0.15) is 11.4 Å². The Morgan fingerprint density at radius 2 is 1.82 bits per heavy atom. The number of carbonyl (C=O) groups excluding carboxylic acids is 1. The summed E-state index contributed by atoms with van der Waals surface area (Å²) in [6, 6.07) is 14.6. The summed E-state index contributed by atoms with van der Waals surface area (Å²) in [7, 11) is 0. The lowest BCUT2D eigenvalue weighted by atomic mass is 9.77. The summed E-state index contributed by atoms with van der Waals surface area (Å²) in [5.41, 5.74) is 12.6. The molecule has 1 saturated carbocycles. The van der Waals surface area contributed by atoms with Crippen molar-refractivity contribution in [2.45, 2.75) is 43.7 Å². The summed E-state index contributed by atoms with van der Waals surface area (Å²) in [5, 5.41) is 5.26. The van der Waals surface area contributed by atoms with Crippen molar-refractivity contribution in [1.82, 2.24) is 4.98 Å². The van der Waals surface area contributed by atoms with Crippen LogP contribution in [0.3, 0.4) is 0 Å². The van der Waals surface area contributed by atoms with Gasteiger partial charge >= 0.3 is 0 Å². The van der Waals surface area contributed by atoms with Crippen LogP contribution in [0.5, 0.6) is 5.88 Å². The second kappa shape index (κ2) is 9.23. The molecule has 9 heteroatoms. The second-order valence-corrected chi connectivity index (χ2v) is 10.4. The summed E-state index contributed by atoms with van der Waals surface area (Å²) >= 11 is 16.2. The number of rotatable bonds is 3. The number of halogens is 3. The molecule has 1 aliphatic heterocycles. The predicted molar refractivity (Wildman–Crippen MR) is 136 cm³/mol. The molecule has 5 rings (SSSR count). The normalized spacial score (nSPS) is 18.7. The Morgan fingerprint density at radius 1 is 1.09 bits per heavy atom. The highest BCUT2D eigenvalue weighted by atomic mass is 79.9. The number of azide groups is 1. The van der Waals surface area contributed by atoms with Crippen molar-refractivity contribution in [2.75, 3.05) is 0 Å². The first-order chi connectivity index (χ1) is 16.4. The highest BCUT2D eigenvalue weighted by Gasteiger charge is 2.44. The number of pyridine rings is 1. The lowest BCUT2D eigenvalue weighted by Crippen LogP contribution is -2.44. The topological polar surface area (TPSA) is 88.0 Å². The third-order valence-electron chi connectivity index (χ3n) is 6.50. The number of aromatic nitrogens is 1. The van der Waals surface area contributed by atoms with E-state index in [4.69, 9.17) is 32.9 Å². The van der Waals surface area contributed by atoms with Crippen LogP contribution in [-0.2, 0) is 4.79 Å². The first kappa shape index (κ1) is 23.2. The van der Waals surface area contributed by atoms with Crippen LogP contribution < -0.4 is 4.74 Å². The highest BCUT2D eigenvalue weighted by Crippen LogP contribution is 2.49. The third kappa shape index (κ3) is 4.41. The van der Waals surface area contributed by atoms with Gasteiger partial charge in [0.15, 0.2) is 0 Å². The maximum Gasteiger partial charge on any atom is 0.218 e. The Morgan fingerprint density at radius 3 is 2.50 bits per heavy atom. The number of nitrogens with zero attached hydrogens (tertiary/aromatic N) is 4. The molecule has 1 fully saturated rings. The molecule has 3 aromatic rings. The Labute approximate surface area is 215 Å². The van der Waals surface area contributed by atoms with Gasteiger partial charge in [-0.2, -0.15) is 0 Å². The van der Waals surface area contributed by atoms with Crippen molar-refractivity contribution in [3.8, 4) is 28.3 Å². The van der Waals surface area contributed by atoms with Crippen LogP contribution in [0.4, 0.5) is 0 Å². The zero-order chi connectivity index (χ0) is 23.9. The molecular weight excluding hydrogens is 539 g/mol. The van der Waals surface area contributed by atoms with Gasteiger partial charge in [-0.3, -0.25) is 4.79 Å². The molecule has 0 bridgehead atoms. The minimum Gasteiger partial charge on any atom is -0.471 e. The van der Waals surface area contributed by atoms with Gasteiger partial charge in [-0.25, -0.2) is 4.98 Å². The molecule has 0 saturated heterocycles. The fourth-order valence-electron chi connectivity index (χ4n) is 4.73. The summed E-state index contributed by atoms with van der Waals surface area (Å²) in [6.45, 7) is 0. The Balaban J connectivity index is 1.72. The van der Waals surface area contributed by atoms with Gasteiger partial charge in [0, 0.05) is 43.9 Å². The molecule has 2 heterocycles. The van der Waals surface area contributed by atoms with Crippen LogP contribution in [0.25, 0.3) is 32.8 Å². The minimum atomic E-state index is -0.574. The van der Waals surface area contributed by atoms with Crippen LogP contribution in [0.15, 0.2) is 58.1 Å². The van der Waals surface area contributed by atoms with Gasteiger partial charge in [0.2, 0.25) is 5.88 Å². The van der Waals surface area contributed by atoms with Crippen molar-refractivity contribution >= 4 is 44.9 Å².